The standard InChI is InChI=1S/C36H33N5O2/c1-40(2)27-24-22-26(23-25-27)35-34(39-38-31-19-11-12-20-32(31)42-3)36(37-30-18-10-13-21-33(30)43-35)41(28-14-6-4-7-15-28)29-16-8-5-9-17-29/h4-25,34-35H,1-3H3. The summed E-state index contributed by atoms with van der Waals surface area (Å²) in [6, 6.07) is 43.6. The molecule has 1 heterocycles. The van der Waals surface area contributed by atoms with Crippen molar-refractivity contribution in [2.45, 2.75) is 12.1 Å². The number of azo groups is 1. The summed E-state index contributed by atoms with van der Waals surface area (Å²) < 4.78 is 12.4. The first kappa shape index (κ1) is 27.7. The molecule has 0 amide bonds. The van der Waals surface area contributed by atoms with Crippen molar-refractivity contribution in [1.82, 2.24) is 0 Å². The molecule has 0 saturated heterocycles. The Kier molecular flexibility index (Phi) is 8.13. The summed E-state index contributed by atoms with van der Waals surface area (Å²) in [5, 5.41) is 9.76. The molecule has 0 bridgehead atoms. The second-order valence-electron chi connectivity index (χ2n) is 10.3. The first-order valence-corrected chi connectivity index (χ1v) is 14.2. The van der Waals surface area contributed by atoms with Crippen LogP contribution in [0, 0.1) is 0 Å². The lowest BCUT2D eigenvalue weighted by atomic mass is 9.99. The number of anilines is 3. The summed E-state index contributed by atoms with van der Waals surface area (Å²) in [6.45, 7) is 0. The van der Waals surface area contributed by atoms with E-state index < -0.39 is 12.1 Å². The quantitative estimate of drug-likeness (QED) is 0.184. The SMILES string of the molecule is COc1ccccc1N=NC1C(N(c2ccccc2)c2ccccc2)=Nc2ccccc2OC1c1ccc(N(C)C)cc1. The molecule has 2 atom stereocenters. The van der Waals surface area contributed by atoms with Crippen LogP contribution in [0.25, 0.3) is 0 Å². The van der Waals surface area contributed by atoms with Crippen LogP contribution < -0.4 is 19.3 Å². The summed E-state index contributed by atoms with van der Waals surface area (Å²) >= 11 is 0. The normalized spacial score (nSPS) is 16.0. The lowest BCUT2D eigenvalue weighted by Gasteiger charge is -2.31. The molecular formula is C36H33N5O2. The van der Waals surface area contributed by atoms with E-state index in [2.05, 4.69) is 58.3 Å². The molecule has 0 aliphatic carbocycles. The summed E-state index contributed by atoms with van der Waals surface area (Å²) in [5.41, 5.74) is 5.30. The van der Waals surface area contributed by atoms with E-state index in [4.69, 9.17) is 24.7 Å². The Morgan fingerprint density at radius 1 is 0.674 bits per heavy atom. The Labute approximate surface area is 252 Å². The van der Waals surface area contributed by atoms with Gasteiger partial charge in [0.25, 0.3) is 0 Å². The predicted molar refractivity (Wildman–Crippen MR) is 174 cm³/mol. The number of hydrogen-bond donors (Lipinski definition) is 0. The molecule has 1 aliphatic heterocycles. The lowest BCUT2D eigenvalue weighted by Crippen LogP contribution is -2.39. The van der Waals surface area contributed by atoms with Crippen LogP contribution >= 0.6 is 0 Å². The van der Waals surface area contributed by atoms with Crippen LogP contribution in [0.1, 0.15) is 11.7 Å². The van der Waals surface area contributed by atoms with Crippen LogP contribution in [0.4, 0.5) is 28.4 Å². The van der Waals surface area contributed by atoms with E-state index in [1.165, 1.54) is 0 Å². The van der Waals surface area contributed by atoms with Crippen LogP contribution in [-0.4, -0.2) is 33.1 Å². The molecule has 0 fully saturated rings. The molecule has 2 unspecified atom stereocenters. The molecule has 214 valence electrons. The number of methoxy groups -OCH3 is 1. The van der Waals surface area contributed by atoms with Gasteiger partial charge in [0.1, 0.15) is 28.7 Å². The Bertz CT molecular complexity index is 1680. The highest BCUT2D eigenvalue weighted by atomic mass is 16.5. The van der Waals surface area contributed by atoms with Crippen LogP contribution in [0.5, 0.6) is 11.5 Å². The molecule has 0 N–H and O–H groups in total. The maximum absolute atomic E-state index is 6.81. The third-order valence-electron chi connectivity index (χ3n) is 7.28. The number of benzene rings is 5. The molecule has 1 aliphatic rings. The Morgan fingerprint density at radius 2 is 1.28 bits per heavy atom. The van der Waals surface area contributed by atoms with Crippen LogP contribution in [0.2, 0.25) is 0 Å². The average Bonchev–Trinajstić information content (AvgIpc) is 3.22. The smallest absolute Gasteiger partial charge is 0.170 e. The highest BCUT2D eigenvalue weighted by Gasteiger charge is 2.37. The summed E-state index contributed by atoms with van der Waals surface area (Å²) in [4.78, 5) is 9.49. The number of nitrogens with zero attached hydrogens (tertiary/aromatic N) is 5. The molecule has 43 heavy (non-hydrogen) atoms. The van der Waals surface area contributed by atoms with Crippen molar-refractivity contribution in [2.75, 3.05) is 31.0 Å². The van der Waals surface area contributed by atoms with E-state index in [1.807, 2.05) is 99.0 Å². The number of rotatable bonds is 7. The third-order valence-corrected chi connectivity index (χ3v) is 7.28. The van der Waals surface area contributed by atoms with E-state index in [0.29, 0.717) is 23.0 Å². The minimum Gasteiger partial charge on any atom is -0.494 e. The van der Waals surface area contributed by atoms with Gasteiger partial charge in [-0.2, -0.15) is 10.2 Å². The zero-order valence-corrected chi connectivity index (χ0v) is 24.4. The Morgan fingerprint density at radius 3 is 1.93 bits per heavy atom. The summed E-state index contributed by atoms with van der Waals surface area (Å²) in [6.07, 6.45) is -0.535. The van der Waals surface area contributed by atoms with Crippen molar-refractivity contribution >= 4 is 34.3 Å². The number of hydrogen-bond acceptors (Lipinski definition) is 7. The van der Waals surface area contributed by atoms with Crippen LogP contribution in [0.3, 0.4) is 0 Å². The molecule has 7 nitrogen and oxygen atoms in total. The van der Waals surface area contributed by atoms with Crippen molar-refractivity contribution in [3.8, 4) is 11.5 Å². The van der Waals surface area contributed by atoms with Gasteiger partial charge in [-0.1, -0.05) is 72.8 Å². The molecule has 5 aromatic carbocycles. The molecule has 0 spiro atoms. The highest BCUT2D eigenvalue weighted by molar-refractivity contribution is 6.09. The van der Waals surface area contributed by atoms with Crippen molar-refractivity contribution in [3.63, 3.8) is 0 Å². The minimum absolute atomic E-state index is 0.535. The van der Waals surface area contributed by atoms with Crippen molar-refractivity contribution in [3.05, 3.63) is 139 Å². The fraction of sp³-hybridized carbons (Fsp3) is 0.139. The lowest BCUT2D eigenvalue weighted by molar-refractivity contribution is 0.198. The Balaban J connectivity index is 1.59. The Hall–Kier alpha value is -5.43. The number of fused-ring (bicyclic) bond motifs is 1. The maximum Gasteiger partial charge on any atom is 0.170 e. The molecule has 5 aromatic rings. The number of ether oxygens (including phenoxy) is 2. The molecule has 0 radical (unpaired) electrons. The number of amidine groups is 1. The molecule has 7 heteroatoms. The fourth-order valence-electron chi connectivity index (χ4n) is 5.09. The van der Waals surface area contributed by atoms with Crippen LogP contribution in [0.15, 0.2) is 149 Å². The largest absolute Gasteiger partial charge is 0.494 e. The summed E-state index contributed by atoms with van der Waals surface area (Å²) in [5.74, 6) is 2.00. The van der Waals surface area contributed by atoms with Gasteiger partial charge in [-0.05, 0) is 66.2 Å². The third kappa shape index (κ3) is 5.97. The molecule has 6 rings (SSSR count). The zero-order valence-electron chi connectivity index (χ0n) is 24.4. The first-order valence-electron chi connectivity index (χ1n) is 14.2. The van der Waals surface area contributed by atoms with Gasteiger partial charge in [0, 0.05) is 31.2 Å². The van der Waals surface area contributed by atoms with Gasteiger partial charge < -0.3 is 14.4 Å². The van der Waals surface area contributed by atoms with Gasteiger partial charge in [-0.15, -0.1) is 0 Å². The van der Waals surface area contributed by atoms with Gasteiger partial charge in [0.2, 0.25) is 0 Å². The molecule has 0 aromatic heterocycles. The predicted octanol–water partition coefficient (Wildman–Crippen LogP) is 8.92. The minimum atomic E-state index is -0.636. The highest BCUT2D eigenvalue weighted by Crippen LogP contribution is 2.41. The molecule has 0 saturated carbocycles. The van der Waals surface area contributed by atoms with E-state index >= 15 is 0 Å². The van der Waals surface area contributed by atoms with Gasteiger partial charge >= 0.3 is 0 Å². The van der Waals surface area contributed by atoms with E-state index in [1.54, 1.807) is 7.11 Å². The number of aliphatic imine (C=N–C) groups is 1. The van der Waals surface area contributed by atoms with Gasteiger partial charge in [-0.25, -0.2) is 4.99 Å². The van der Waals surface area contributed by atoms with Gasteiger partial charge in [0.05, 0.1) is 7.11 Å². The van der Waals surface area contributed by atoms with E-state index in [9.17, 15) is 0 Å². The van der Waals surface area contributed by atoms with Crippen molar-refractivity contribution < 1.29 is 9.47 Å². The second kappa shape index (κ2) is 12.6. The maximum atomic E-state index is 6.81. The van der Waals surface area contributed by atoms with Gasteiger partial charge in [-0.3, -0.25) is 4.90 Å². The van der Waals surface area contributed by atoms with Gasteiger partial charge in [0.15, 0.2) is 12.1 Å². The van der Waals surface area contributed by atoms with E-state index in [0.717, 1.165) is 28.3 Å². The van der Waals surface area contributed by atoms with E-state index in [-0.39, 0.29) is 0 Å². The summed E-state index contributed by atoms with van der Waals surface area (Å²) in [7, 11) is 5.69. The second-order valence-corrected chi connectivity index (χ2v) is 10.3. The van der Waals surface area contributed by atoms with Crippen LogP contribution in [-0.2, 0) is 0 Å². The monoisotopic (exact) mass is 567 g/mol. The average molecular weight is 568 g/mol. The molecular weight excluding hydrogens is 534 g/mol. The van der Waals surface area contributed by atoms with Crippen molar-refractivity contribution in [2.24, 2.45) is 15.2 Å². The topological polar surface area (TPSA) is 62.0 Å². The number of para-hydroxylation sites is 5. The fourth-order valence-corrected chi connectivity index (χ4v) is 5.09. The van der Waals surface area contributed by atoms with Crippen molar-refractivity contribution in [1.29, 1.82) is 0 Å². The zero-order chi connectivity index (χ0) is 29.6. The first-order chi connectivity index (χ1) is 21.1.